The Kier molecular flexibility index (Phi) is 5.81. The minimum Gasteiger partial charge on any atom is -0.420 e. The first kappa shape index (κ1) is 21.5. The molecule has 10 heteroatoms. The van der Waals surface area contributed by atoms with Gasteiger partial charge in [-0.25, -0.2) is 9.29 Å². The van der Waals surface area contributed by atoms with Crippen molar-refractivity contribution < 1.29 is 27.5 Å². The molecule has 2 aromatic rings. The lowest BCUT2D eigenvalue weighted by Crippen LogP contribution is -2.52. The van der Waals surface area contributed by atoms with Gasteiger partial charge in [-0.05, 0) is 36.4 Å². The Morgan fingerprint density at radius 3 is 2.23 bits per heavy atom. The molecule has 2 aliphatic heterocycles. The van der Waals surface area contributed by atoms with E-state index in [1.807, 2.05) is 9.80 Å². The monoisotopic (exact) mass is 453 g/mol. The molecule has 2 amide bonds. The van der Waals surface area contributed by atoms with Crippen molar-refractivity contribution in [1.29, 1.82) is 0 Å². The van der Waals surface area contributed by atoms with Crippen molar-refractivity contribution in [2.24, 2.45) is 0 Å². The van der Waals surface area contributed by atoms with Crippen LogP contribution in [0.3, 0.4) is 0 Å². The Hall–Kier alpha value is -2.78. The van der Waals surface area contributed by atoms with Gasteiger partial charge in [0, 0.05) is 37.8 Å². The van der Waals surface area contributed by atoms with Crippen LogP contribution < -0.4 is 14.5 Å². The third-order valence-electron chi connectivity index (χ3n) is 5.40. The highest BCUT2D eigenvalue weighted by Gasteiger charge is 2.43. The van der Waals surface area contributed by atoms with Crippen molar-refractivity contribution in [1.82, 2.24) is 4.90 Å². The lowest BCUT2D eigenvalue weighted by atomic mass is 10.1. The van der Waals surface area contributed by atoms with Crippen LogP contribution in [0, 0.1) is 5.82 Å². The van der Waals surface area contributed by atoms with E-state index < -0.39 is 11.6 Å². The van der Waals surface area contributed by atoms with Crippen LogP contribution in [-0.4, -0.2) is 54.5 Å². The first-order valence-corrected chi connectivity index (χ1v) is 10.1. The number of nitrogens with zero attached hydrogens (tertiary/aromatic N) is 3. The van der Waals surface area contributed by atoms with Crippen LogP contribution in [0.25, 0.3) is 0 Å². The first-order chi connectivity index (χ1) is 14.7. The third kappa shape index (κ3) is 4.62. The van der Waals surface area contributed by atoms with Gasteiger partial charge in [-0.2, -0.15) is 0 Å². The summed E-state index contributed by atoms with van der Waals surface area (Å²) in [5.74, 6) is -1.24. The molecule has 2 fully saturated rings. The van der Waals surface area contributed by atoms with Gasteiger partial charge in [-0.1, -0.05) is 12.1 Å². The Labute approximate surface area is 181 Å². The molecule has 0 spiro atoms. The Bertz CT molecular complexity index is 976. The van der Waals surface area contributed by atoms with E-state index in [0.29, 0.717) is 31.9 Å². The molecule has 0 aliphatic carbocycles. The van der Waals surface area contributed by atoms with Gasteiger partial charge >= 0.3 is 5.57 Å². The second kappa shape index (κ2) is 8.39. The number of imide groups is 1. The fraction of sp³-hybridized carbons (Fsp3) is 0.333. The number of rotatable bonds is 5. The number of carbonyl (C=O) groups is 2. The number of halogens is 4. The van der Waals surface area contributed by atoms with Crippen molar-refractivity contribution >= 4 is 34.8 Å². The fourth-order valence-corrected chi connectivity index (χ4v) is 4.04. The molecule has 0 aromatic heterocycles. The molecule has 164 valence electrons. The predicted molar refractivity (Wildman–Crippen MR) is 109 cm³/mol. The van der Waals surface area contributed by atoms with Crippen molar-refractivity contribution in [3.8, 4) is 5.75 Å². The number of piperazine rings is 1. The van der Waals surface area contributed by atoms with E-state index in [9.17, 15) is 22.8 Å². The third-order valence-corrected chi connectivity index (χ3v) is 5.48. The summed E-state index contributed by atoms with van der Waals surface area (Å²) in [4.78, 5) is 30.4. The molecular formula is C21H19ClF3N3O3. The summed E-state index contributed by atoms with van der Waals surface area (Å²) in [6.07, 6.45) is 0.0243. The maximum absolute atomic E-state index is 14.0. The highest BCUT2D eigenvalue weighted by Crippen LogP contribution is 2.31. The average molecular weight is 454 g/mol. The summed E-state index contributed by atoms with van der Waals surface area (Å²) in [6, 6.07) is 11.0. The topological polar surface area (TPSA) is 53.1 Å². The van der Waals surface area contributed by atoms with Crippen LogP contribution in [0.5, 0.6) is 5.75 Å². The summed E-state index contributed by atoms with van der Waals surface area (Å²) >= 11 is 4.74. The number of carbonyl (C=O) groups excluding carboxylic acids is 2. The van der Waals surface area contributed by atoms with Gasteiger partial charge in [0.2, 0.25) is 5.91 Å². The van der Waals surface area contributed by atoms with E-state index in [-0.39, 0.29) is 35.5 Å². The van der Waals surface area contributed by atoms with E-state index in [1.54, 1.807) is 18.2 Å². The van der Waals surface area contributed by atoms with Gasteiger partial charge in [-0.15, -0.1) is 8.78 Å². The second-order valence-corrected chi connectivity index (χ2v) is 7.74. The van der Waals surface area contributed by atoms with Gasteiger partial charge in [0.1, 0.15) is 11.6 Å². The Morgan fingerprint density at radius 2 is 1.61 bits per heavy atom. The quantitative estimate of drug-likeness (QED) is 0.513. The van der Waals surface area contributed by atoms with Crippen LogP contribution in [-0.2, 0) is 9.59 Å². The van der Waals surface area contributed by atoms with Crippen molar-refractivity contribution in [3.05, 3.63) is 54.3 Å². The largest absolute Gasteiger partial charge is 0.487 e. The molecule has 0 bridgehead atoms. The standard InChI is InChI=1S/C21H19ClF3N3O3/c22-21(24,25)31-15-7-5-14(6-8-15)28-19(29)13-18(20(28)30)27-11-9-26(10-12-27)17-4-2-1-3-16(17)23/h1-8,18H,9-13H2. The van der Waals surface area contributed by atoms with Gasteiger partial charge < -0.3 is 9.64 Å². The molecule has 0 N–H and O–H groups in total. The minimum absolute atomic E-state index is 0.0243. The van der Waals surface area contributed by atoms with Gasteiger partial charge in [-0.3, -0.25) is 14.5 Å². The van der Waals surface area contributed by atoms with E-state index in [0.717, 1.165) is 4.90 Å². The van der Waals surface area contributed by atoms with Crippen LogP contribution >= 0.6 is 11.6 Å². The number of hydrogen-bond acceptors (Lipinski definition) is 5. The number of alkyl halides is 3. The van der Waals surface area contributed by atoms with Gasteiger partial charge in [0.05, 0.1) is 23.8 Å². The summed E-state index contributed by atoms with van der Waals surface area (Å²) < 4.78 is 43.8. The molecule has 6 nitrogen and oxygen atoms in total. The zero-order valence-electron chi connectivity index (χ0n) is 16.3. The molecule has 2 heterocycles. The molecule has 4 rings (SSSR count). The van der Waals surface area contributed by atoms with Gasteiger partial charge in [0.25, 0.3) is 5.91 Å². The normalized spacial score (nSPS) is 20.5. The molecule has 1 atom stereocenters. The van der Waals surface area contributed by atoms with Gasteiger partial charge in [0.15, 0.2) is 0 Å². The molecular weight excluding hydrogens is 435 g/mol. The second-order valence-electron chi connectivity index (χ2n) is 7.30. The van der Waals surface area contributed by atoms with Crippen molar-refractivity contribution in [2.75, 3.05) is 36.0 Å². The number of ether oxygens (including phenoxy) is 1. The number of hydrogen-bond donors (Lipinski definition) is 0. The number of anilines is 2. The van der Waals surface area contributed by atoms with E-state index in [2.05, 4.69) is 4.74 Å². The average Bonchev–Trinajstić information content (AvgIpc) is 3.02. The highest BCUT2D eigenvalue weighted by molar-refractivity contribution is 6.22. The molecule has 2 aromatic carbocycles. The Balaban J connectivity index is 1.41. The lowest BCUT2D eigenvalue weighted by molar-refractivity contribution is -0.123. The maximum Gasteiger partial charge on any atom is 0.487 e. The van der Waals surface area contributed by atoms with Crippen molar-refractivity contribution in [2.45, 2.75) is 18.0 Å². The molecule has 0 saturated carbocycles. The summed E-state index contributed by atoms with van der Waals surface area (Å²) in [6.45, 7) is 2.06. The maximum atomic E-state index is 14.0. The Morgan fingerprint density at radius 1 is 0.968 bits per heavy atom. The number of para-hydroxylation sites is 1. The van der Waals surface area contributed by atoms with Crippen LogP contribution in [0.15, 0.2) is 48.5 Å². The summed E-state index contributed by atoms with van der Waals surface area (Å²) in [5, 5.41) is 0. The smallest absolute Gasteiger partial charge is 0.420 e. The molecule has 31 heavy (non-hydrogen) atoms. The van der Waals surface area contributed by atoms with Crippen LogP contribution in [0.4, 0.5) is 24.5 Å². The number of amides is 2. The molecule has 2 aliphatic rings. The first-order valence-electron chi connectivity index (χ1n) is 9.69. The van der Waals surface area contributed by atoms with Crippen molar-refractivity contribution in [3.63, 3.8) is 0 Å². The number of benzene rings is 2. The predicted octanol–water partition coefficient (Wildman–Crippen LogP) is 3.45. The zero-order valence-corrected chi connectivity index (χ0v) is 17.1. The SMILES string of the molecule is O=C1CC(N2CCN(c3ccccc3F)CC2)C(=O)N1c1ccc(OC(F)(F)Cl)cc1. The zero-order chi connectivity index (χ0) is 22.2. The van der Waals surface area contributed by atoms with E-state index >= 15 is 0 Å². The molecule has 0 radical (unpaired) electrons. The summed E-state index contributed by atoms with van der Waals surface area (Å²) in [7, 11) is 0. The van der Waals surface area contributed by atoms with E-state index in [1.165, 1.54) is 30.3 Å². The summed E-state index contributed by atoms with van der Waals surface area (Å²) in [5.41, 5.74) is -3.06. The van der Waals surface area contributed by atoms with E-state index in [4.69, 9.17) is 11.6 Å². The molecule has 2 saturated heterocycles. The van der Waals surface area contributed by atoms with Crippen LogP contribution in [0.2, 0.25) is 0 Å². The highest BCUT2D eigenvalue weighted by atomic mass is 35.5. The minimum atomic E-state index is -3.85. The van der Waals surface area contributed by atoms with Crippen LogP contribution in [0.1, 0.15) is 6.42 Å². The lowest BCUT2D eigenvalue weighted by Gasteiger charge is -2.38. The fourth-order valence-electron chi connectivity index (χ4n) is 3.95. The molecule has 1 unspecified atom stereocenters.